The summed E-state index contributed by atoms with van der Waals surface area (Å²) in [7, 11) is -3.80. The standard InChI is InChI=1S/C22H19ClN2O2S/c1-16-11-13-17(14-12-16)22-15-21(19-9-5-6-10-20(19)23)24-25(22)28(26,27)18-7-3-2-4-8-18/h2-14,22H,15H2,1H3/t22-/m1/s1. The van der Waals surface area contributed by atoms with E-state index in [4.69, 9.17) is 11.6 Å². The van der Waals surface area contributed by atoms with Crippen molar-refractivity contribution in [2.75, 3.05) is 0 Å². The van der Waals surface area contributed by atoms with Crippen LogP contribution in [0.2, 0.25) is 5.02 Å². The van der Waals surface area contributed by atoms with E-state index < -0.39 is 16.1 Å². The molecule has 0 N–H and O–H groups in total. The quantitative estimate of drug-likeness (QED) is 0.594. The molecule has 4 rings (SSSR count). The molecule has 0 radical (unpaired) electrons. The first-order valence-electron chi connectivity index (χ1n) is 8.95. The highest BCUT2D eigenvalue weighted by molar-refractivity contribution is 7.89. The molecule has 0 bridgehead atoms. The van der Waals surface area contributed by atoms with Crippen LogP contribution in [-0.2, 0) is 10.0 Å². The van der Waals surface area contributed by atoms with E-state index >= 15 is 0 Å². The molecule has 3 aromatic carbocycles. The molecule has 0 aromatic heterocycles. The molecule has 142 valence electrons. The second-order valence-corrected chi connectivity index (χ2v) is 8.95. The van der Waals surface area contributed by atoms with Crippen LogP contribution in [0.3, 0.4) is 0 Å². The van der Waals surface area contributed by atoms with Gasteiger partial charge in [0.05, 0.1) is 16.6 Å². The normalized spacial score (nSPS) is 16.9. The average molecular weight is 411 g/mol. The van der Waals surface area contributed by atoms with Gasteiger partial charge >= 0.3 is 0 Å². The van der Waals surface area contributed by atoms with Crippen molar-refractivity contribution in [1.29, 1.82) is 0 Å². The summed E-state index contributed by atoms with van der Waals surface area (Å²) in [5, 5.41) is 5.08. The Labute approximate surface area is 170 Å². The number of sulfonamides is 1. The number of hydrogen-bond acceptors (Lipinski definition) is 3. The molecule has 3 aromatic rings. The maximum Gasteiger partial charge on any atom is 0.279 e. The van der Waals surface area contributed by atoms with Crippen LogP contribution >= 0.6 is 11.6 Å². The van der Waals surface area contributed by atoms with Crippen molar-refractivity contribution >= 4 is 27.3 Å². The lowest BCUT2D eigenvalue weighted by Crippen LogP contribution is -2.27. The van der Waals surface area contributed by atoms with Crippen LogP contribution in [0.25, 0.3) is 0 Å². The third-order valence-corrected chi connectivity index (χ3v) is 6.83. The summed E-state index contributed by atoms with van der Waals surface area (Å²) in [5.74, 6) is 0. The molecular formula is C22H19ClN2O2S. The molecule has 1 atom stereocenters. The lowest BCUT2D eigenvalue weighted by molar-refractivity contribution is 0.371. The summed E-state index contributed by atoms with van der Waals surface area (Å²) >= 11 is 6.35. The molecule has 0 saturated heterocycles. The van der Waals surface area contributed by atoms with Crippen LogP contribution in [0.15, 0.2) is 88.9 Å². The van der Waals surface area contributed by atoms with Crippen LogP contribution in [0.5, 0.6) is 0 Å². The van der Waals surface area contributed by atoms with Gasteiger partial charge in [-0.3, -0.25) is 0 Å². The van der Waals surface area contributed by atoms with Crippen LogP contribution in [0, 0.1) is 6.92 Å². The van der Waals surface area contributed by atoms with Crippen LogP contribution in [-0.4, -0.2) is 18.5 Å². The maximum absolute atomic E-state index is 13.3. The fourth-order valence-corrected chi connectivity index (χ4v) is 5.00. The van der Waals surface area contributed by atoms with Crippen molar-refractivity contribution in [1.82, 2.24) is 4.41 Å². The minimum absolute atomic E-state index is 0.219. The summed E-state index contributed by atoms with van der Waals surface area (Å²) in [6, 6.07) is 23.2. The number of rotatable bonds is 4. The molecular weight excluding hydrogens is 392 g/mol. The zero-order chi connectivity index (χ0) is 19.7. The zero-order valence-corrected chi connectivity index (χ0v) is 16.9. The van der Waals surface area contributed by atoms with E-state index in [1.807, 2.05) is 49.4 Å². The molecule has 28 heavy (non-hydrogen) atoms. The third kappa shape index (κ3) is 3.43. The van der Waals surface area contributed by atoms with Crippen molar-refractivity contribution in [2.24, 2.45) is 5.10 Å². The fraction of sp³-hybridized carbons (Fsp3) is 0.136. The van der Waals surface area contributed by atoms with Gasteiger partial charge in [0, 0.05) is 17.0 Å². The van der Waals surface area contributed by atoms with Gasteiger partial charge in [0.15, 0.2) is 0 Å². The number of hydrogen-bond donors (Lipinski definition) is 0. The van der Waals surface area contributed by atoms with E-state index in [1.54, 1.807) is 36.4 Å². The predicted molar refractivity (Wildman–Crippen MR) is 112 cm³/mol. The predicted octanol–water partition coefficient (Wildman–Crippen LogP) is 5.19. The van der Waals surface area contributed by atoms with Crippen LogP contribution < -0.4 is 0 Å². The van der Waals surface area contributed by atoms with E-state index in [2.05, 4.69) is 5.10 Å². The first-order chi connectivity index (χ1) is 13.5. The molecule has 6 heteroatoms. The highest BCUT2D eigenvalue weighted by Crippen LogP contribution is 2.38. The lowest BCUT2D eigenvalue weighted by Gasteiger charge is -2.23. The molecule has 0 amide bonds. The first kappa shape index (κ1) is 18.7. The number of benzene rings is 3. The van der Waals surface area contributed by atoms with Gasteiger partial charge in [-0.05, 0) is 30.7 Å². The third-order valence-electron chi connectivity index (χ3n) is 4.81. The van der Waals surface area contributed by atoms with Crippen molar-refractivity contribution in [3.63, 3.8) is 0 Å². The Bertz CT molecular complexity index is 1130. The number of nitrogens with zero attached hydrogens (tertiary/aromatic N) is 2. The smallest absolute Gasteiger partial charge is 0.200 e. The van der Waals surface area contributed by atoms with E-state index in [9.17, 15) is 8.42 Å². The average Bonchev–Trinajstić information content (AvgIpc) is 3.15. The van der Waals surface area contributed by atoms with Crippen LogP contribution in [0.1, 0.15) is 29.2 Å². The summed E-state index contributed by atoms with van der Waals surface area (Å²) in [6.45, 7) is 2.00. The van der Waals surface area contributed by atoms with Crippen LogP contribution in [0.4, 0.5) is 0 Å². The van der Waals surface area contributed by atoms with Gasteiger partial charge in [-0.15, -0.1) is 0 Å². The minimum atomic E-state index is -3.80. The van der Waals surface area contributed by atoms with Crippen molar-refractivity contribution in [2.45, 2.75) is 24.3 Å². The summed E-state index contributed by atoms with van der Waals surface area (Å²) in [4.78, 5) is 0.219. The molecule has 1 aliphatic heterocycles. The monoisotopic (exact) mass is 410 g/mol. The Kier molecular flexibility index (Phi) is 4.96. The van der Waals surface area contributed by atoms with Gasteiger partial charge in [-0.1, -0.05) is 77.8 Å². The van der Waals surface area contributed by atoms with Gasteiger partial charge < -0.3 is 0 Å². The van der Waals surface area contributed by atoms with E-state index in [0.717, 1.165) is 16.7 Å². The summed E-state index contributed by atoms with van der Waals surface area (Å²) < 4.78 is 27.9. The summed E-state index contributed by atoms with van der Waals surface area (Å²) in [6.07, 6.45) is 0.457. The minimum Gasteiger partial charge on any atom is -0.200 e. The molecule has 0 aliphatic carbocycles. The SMILES string of the molecule is Cc1ccc([C@H]2CC(c3ccccc3Cl)=NN2S(=O)(=O)c2ccccc2)cc1. The maximum atomic E-state index is 13.3. The Morgan fingerprint density at radius 3 is 2.25 bits per heavy atom. The fourth-order valence-electron chi connectivity index (χ4n) is 3.31. The van der Waals surface area contributed by atoms with Gasteiger partial charge in [0.1, 0.15) is 0 Å². The Morgan fingerprint density at radius 1 is 0.929 bits per heavy atom. The van der Waals surface area contributed by atoms with E-state index in [-0.39, 0.29) is 4.90 Å². The van der Waals surface area contributed by atoms with Gasteiger partial charge in [-0.2, -0.15) is 17.9 Å². The topological polar surface area (TPSA) is 49.7 Å². The molecule has 0 spiro atoms. The zero-order valence-electron chi connectivity index (χ0n) is 15.3. The summed E-state index contributed by atoms with van der Waals surface area (Å²) in [5.41, 5.74) is 3.44. The molecule has 0 saturated carbocycles. The van der Waals surface area contributed by atoms with E-state index in [1.165, 1.54) is 4.41 Å². The van der Waals surface area contributed by atoms with Gasteiger partial charge in [0.25, 0.3) is 10.0 Å². The Balaban J connectivity index is 1.82. The molecule has 0 unspecified atom stereocenters. The molecule has 4 nitrogen and oxygen atoms in total. The molecule has 1 aliphatic rings. The molecule has 0 fully saturated rings. The Morgan fingerprint density at radius 2 is 1.57 bits per heavy atom. The first-order valence-corrected chi connectivity index (χ1v) is 10.8. The highest BCUT2D eigenvalue weighted by Gasteiger charge is 2.38. The lowest BCUT2D eigenvalue weighted by atomic mass is 9.98. The number of aryl methyl sites for hydroxylation is 1. The van der Waals surface area contributed by atoms with Crippen molar-refractivity contribution in [3.8, 4) is 0 Å². The van der Waals surface area contributed by atoms with Gasteiger partial charge in [0.2, 0.25) is 0 Å². The van der Waals surface area contributed by atoms with Crippen molar-refractivity contribution < 1.29 is 8.42 Å². The van der Waals surface area contributed by atoms with Gasteiger partial charge in [-0.25, -0.2) is 0 Å². The number of hydrazone groups is 1. The second kappa shape index (κ2) is 7.41. The van der Waals surface area contributed by atoms with Crippen molar-refractivity contribution in [3.05, 3.63) is 101 Å². The molecule has 1 heterocycles. The highest BCUT2D eigenvalue weighted by atomic mass is 35.5. The largest absolute Gasteiger partial charge is 0.279 e. The second-order valence-electron chi connectivity index (χ2n) is 6.75. The van der Waals surface area contributed by atoms with E-state index in [0.29, 0.717) is 17.2 Å². The Hall–Kier alpha value is -2.63. The number of halogens is 1.